The predicted molar refractivity (Wildman–Crippen MR) is 101 cm³/mol. The number of anilines is 2. The molecule has 1 aliphatic heterocycles. The zero-order valence-electron chi connectivity index (χ0n) is 15.3. The van der Waals surface area contributed by atoms with Gasteiger partial charge in [0.15, 0.2) is 0 Å². The average Bonchev–Trinajstić information content (AvgIpc) is 2.64. The van der Waals surface area contributed by atoms with E-state index in [4.69, 9.17) is 4.74 Å². The second kappa shape index (κ2) is 7.49. The van der Waals surface area contributed by atoms with Crippen LogP contribution in [0, 0.1) is 13.8 Å². The minimum absolute atomic E-state index is 0.218. The van der Waals surface area contributed by atoms with Crippen LogP contribution in [0.15, 0.2) is 29.4 Å². The third-order valence-electron chi connectivity index (χ3n) is 4.51. The Morgan fingerprint density at radius 1 is 1.04 bits per heavy atom. The molecule has 0 amide bonds. The van der Waals surface area contributed by atoms with Crippen molar-refractivity contribution < 1.29 is 13.2 Å². The van der Waals surface area contributed by atoms with Crippen LogP contribution >= 0.6 is 0 Å². The highest BCUT2D eigenvalue weighted by Gasteiger charge is 2.20. The summed E-state index contributed by atoms with van der Waals surface area (Å²) in [6.07, 6.45) is 6.52. The van der Waals surface area contributed by atoms with Crippen LogP contribution in [0.2, 0.25) is 0 Å². The number of piperidine rings is 1. The molecule has 1 saturated heterocycles. The van der Waals surface area contributed by atoms with Gasteiger partial charge < -0.3 is 9.64 Å². The van der Waals surface area contributed by atoms with Gasteiger partial charge in [-0.05, 0) is 56.4 Å². The first-order valence-corrected chi connectivity index (χ1v) is 10.1. The van der Waals surface area contributed by atoms with E-state index in [1.165, 1.54) is 18.8 Å². The van der Waals surface area contributed by atoms with Gasteiger partial charge in [-0.15, -0.1) is 0 Å². The molecule has 0 aliphatic carbocycles. The molecule has 7 nitrogen and oxygen atoms in total. The summed E-state index contributed by atoms with van der Waals surface area (Å²) < 4.78 is 33.3. The lowest BCUT2D eigenvalue weighted by molar-refractivity contribution is 0.411. The molecule has 1 N–H and O–H groups in total. The number of sulfonamides is 1. The van der Waals surface area contributed by atoms with E-state index in [0.29, 0.717) is 22.9 Å². The summed E-state index contributed by atoms with van der Waals surface area (Å²) in [7, 11) is -2.16. The number of aryl methyl sites for hydroxylation is 2. The van der Waals surface area contributed by atoms with Crippen molar-refractivity contribution in [1.82, 2.24) is 9.97 Å². The maximum atomic E-state index is 12.7. The van der Waals surface area contributed by atoms with Gasteiger partial charge in [0.25, 0.3) is 10.0 Å². The van der Waals surface area contributed by atoms with Crippen molar-refractivity contribution in [1.29, 1.82) is 0 Å². The Labute approximate surface area is 154 Å². The van der Waals surface area contributed by atoms with Crippen LogP contribution in [0.4, 0.5) is 11.6 Å². The van der Waals surface area contributed by atoms with E-state index in [2.05, 4.69) is 19.6 Å². The minimum Gasteiger partial charge on any atom is -0.496 e. The molecule has 140 valence electrons. The number of nitrogens with one attached hydrogen (secondary N) is 1. The van der Waals surface area contributed by atoms with E-state index < -0.39 is 10.0 Å². The van der Waals surface area contributed by atoms with Crippen molar-refractivity contribution in [2.45, 2.75) is 38.0 Å². The average molecular weight is 376 g/mol. The molecule has 2 heterocycles. The van der Waals surface area contributed by atoms with Gasteiger partial charge in [-0.1, -0.05) is 0 Å². The fraction of sp³-hybridized carbons (Fsp3) is 0.444. The summed E-state index contributed by atoms with van der Waals surface area (Å²) in [4.78, 5) is 11.0. The second-order valence-corrected chi connectivity index (χ2v) is 8.16. The van der Waals surface area contributed by atoms with Gasteiger partial charge in [0.1, 0.15) is 5.75 Å². The Morgan fingerprint density at radius 3 is 2.31 bits per heavy atom. The number of hydrogen-bond acceptors (Lipinski definition) is 6. The first-order valence-electron chi connectivity index (χ1n) is 8.66. The van der Waals surface area contributed by atoms with Crippen molar-refractivity contribution in [3.63, 3.8) is 0 Å². The normalized spacial score (nSPS) is 15.0. The highest BCUT2D eigenvalue weighted by atomic mass is 32.2. The van der Waals surface area contributed by atoms with E-state index >= 15 is 0 Å². The molecule has 1 aromatic carbocycles. The van der Waals surface area contributed by atoms with Crippen molar-refractivity contribution >= 4 is 21.7 Å². The standard InChI is InChI=1S/C18H24N4O3S/c1-13-10-17(14(2)9-16(13)25-3)26(23,24)21-15-11-19-18(20-12-15)22-7-5-4-6-8-22/h9-12,21H,4-8H2,1-3H3. The fourth-order valence-corrected chi connectivity index (χ4v) is 4.45. The number of methoxy groups -OCH3 is 1. The predicted octanol–water partition coefficient (Wildman–Crippen LogP) is 2.89. The topological polar surface area (TPSA) is 84.4 Å². The Hall–Kier alpha value is -2.35. The molecule has 0 spiro atoms. The number of hydrogen-bond donors (Lipinski definition) is 1. The lowest BCUT2D eigenvalue weighted by atomic mass is 10.1. The van der Waals surface area contributed by atoms with E-state index in [0.717, 1.165) is 31.5 Å². The summed E-state index contributed by atoms with van der Waals surface area (Å²) in [5.41, 5.74) is 1.72. The molecule has 0 atom stereocenters. The van der Waals surface area contributed by atoms with E-state index in [-0.39, 0.29) is 4.90 Å². The molecule has 1 aliphatic rings. The van der Waals surface area contributed by atoms with Gasteiger partial charge in [0, 0.05) is 13.1 Å². The zero-order valence-corrected chi connectivity index (χ0v) is 16.1. The number of ether oxygens (including phenoxy) is 1. The fourth-order valence-electron chi connectivity index (χ4n) is 3.11. The Kier molecular flexibility index (Phi) is 5.31. The monoisotopic (exact) mass is 376 g/mol. The number of benzene rings is 1. The first kappa shape index (κ1) is 18.4. The number of rotatable bonds is 5. The molecular weight excluding hydrogens is 352 g/mol. The first-order chi connectivity index (χ1) is 12.4. The van der Waals surface area contributed by atoms with E-state index in [1.807, 2.05) is 6.92 Å². The van der Waals surface area contributed by atoms with E-state index in [9.17, 15) is 8.42 Å². The molecule has 26 heavy (non-hydrogen) atoms. The van der Waals surface area contributed by atoms with Gasteiger partial charge in [0.05, 0.1) is 30.1 Å². The van der Waals surface area contributed by atoms with Crippen LogP contribution < -0.4 is 14.4 Å². The van der Waals surface area contributed by atoms with Gasteiger partial charge in [-0.3, -0.25) is 4.72 Å². The largest absolute Gasteiger partial charge is 0.496 e. The van der Waals surface area contributed by atoms with Gasteiger partial charge in [-0.2, -0.15) is 0 Å². The summed E-state index contributed by atoms with van der Waals surface area (Å²) in [6, 6.07) is 3.33. The van der Waals surface area contributed by atoms with Crippen LogP contribution in [-0.2, 0) is 10.0 Å². The van der Waals surface area contributed by atoms with Crippen LogP contribution in [-0.4, -0.2) is 38.6 Å². The molecule has 3 rings (SSSR count). The van der Waals surface area contributed by atoms with Crippen LogP contribution in [0.5, 0.6) is 5.75 Å². The summed E-state index contributed by atoms with van der Waals surface area (Å²) in [6.45, 7) is 5.44. The Bertz CT molecular complexity index is 876. The quantitative estimate of drug-likeness (QED) is 0.864. The molecule has 0 saturated carbocycles. The highest BCUT2D eigenvalue weighted by Crippen LogP contribution is 2.27. The van der Waals surface area contributed by atoms with Gasteiger partial charge >= 0.3 is 0 Å². The second-order valence-electron chi connectivity index (χ2n) is 6.51. The van der Waals surface area contributed by atoms with Gasteiger partial charge in [-0.25, -0.2) is 18.4 Å². The Balaban J connectivity index is 1.80. The summed E-state index contributed by atoms with van der Waals surface area (Å²) in [5, 5.41) is 0. The van der Waals surface area contributed by atoms with Gasteiger partial charge in [0.2, 0.25) is 5.95 Å². The van der Waals surface area contributed by atoms with Crippen LogP contribution in [0.3, 0.4) is 0 Å². The van der Waals surface area contributed by atoms with Crippen molar-refractivity contribution in [2.75, 3.05) is 29.8 Å². The summed E-state index contributed by atoms with van der Waals surface area (Å²) >= 11 is 0. The maximum absolute atomic E-state index is 12.7. The Morgan fingerprint density at radius 2 is 1.69 bits per heavy atom. The summed E-state index contributed by atoms with van der Waals surface area (Å²) in [5.74, 6) is 1.31. The molecule has 8 heteroatoms. The number of aromatic nitrogens is 2. The lowest BCUT2D eigenvalue weighted by Gasteiger charge is -2.26. The zero-order chi connectivity index (χ0) is 18.7. The molecular formula is C18H24N4O3S. The third-order valence-corrected chi connectivity index (χ3v) is 6.03. The van der Waals surface area contributed by atoms with Crippen LogP contribution in [0.1, 0.15) is 30.4 Å². The highest BCUT2D eigenvalue weighted by molar-refractivity contribution is 7.92. The molecule has 1 aromatic heterocycles. The lowest BCUT2D eigenvalue weighted by Crippen LogP contribution is -2.30. The molecule has 2 aromatic rings. The molecule has 0 bridgehead atoms. The smallest absolute Gasteiger partial charge is 0.262 e. The minimum atomic E-state index is -3.73. The van der Waals surface area contributed by atoms with Crippen molar-refractivity contribution in [2.24, 2.45) is 0 Å². The molecule has 1 fully saturated rings. The third kappa shape index (κ3) is 3.90. The van der Waals surface area contributed by atoms with Crippen molar-refractivity contribution in [3.05, 3.63) is 35.7 Å². The number of nitrogens with zero attached hydrogens (tertiary/aromatic N) is 3. The van der Waals surface area contributed by atoms with Crippen LogP contribution in [0.25, 0.3) is 0 Å². The molecule has 0 radical (unpaired) electrons. The molecule has 0 unspecified atom stereocenters. The van der Waals surface area contributed by atoms with E-state index in [1.54, 1.807) is 26.2 Å². The maximum Gasteiger partial charge on any atom is 0.262 e. The van der Waals surface area contributed by atoms with Crippen molar-refractivity contribution in [3.8, 4) is 5.75 Å². The SMILES string of the molecule is COc1cc(C)c(S(=O)(=O)Nc2cnc(N3CCCCC3)nc2)cc1C.